The maximum absolute atomic E-state index is 13.2. The first kappa shape index (κ1) is 19.5. The van der Waals surface area contributed by atoms with Crippen molar-refractivity contribution in [2.75, 3.05) is 26.2 Å². The van der Waals surface area contributed by atoms with Crippen molar-refractivity contribution in [2.45, 2.75) is 6.10 Å². The second-order valence-corrected chi connectivity index (χ2v) is 6.45. The van der Waals surface area contributed by atoms with Crippen molar-refractivity contribution in [3.8, 4) is 11.5 Å². The van der Waals surface area contributed by atoms with Gasteiger partial charge in [0.05, 0.1) is 43.9 Å². The molecule has 4 rings (SSSR count). The monoisotopic (exact) mass is 410 g/mol. The van der Waals surface area contributed by atoms with Crippen LogP contribution in [0.4, 0.5) is 5.69 Å². The molecule has 2 amide bonds. The number of imide groups is 1. The molecule has 1 atom stereocenters. The normalized spacial score (nSPS) is 17.7. The summed E-state index contributed by atoms with van der Waals surface area (Å²) >= 11 is 0. The molecule has 2 aliphatic heterocycles. The number of para-hydroxylation sites is 1. The van der Waals surface area contributed by atoms with Gasteiger partial charge in [-0.15, -0.1) is 0 Å². The highest BCUT2D eigenvalue weighted by Gasteiger charge is 2.51. The Morgan fingerprint density at radius 3 is 2.47 bits per heavy atom. The van der Waals surface area contributed by atoms with Crippen LogP contribution >= 0.6 is 0 Å². The smallest absolute Gasteiger partial charge is 0.339 e. The van der Waals surface area contributed by atoms with E-state index in [1.54, 1.807) is 30.3 Å². The van der Waals surface area contributed by atoms with Gasteiger partial charge in [-0.2, -0.15) is 0 Å². The minimum Gasteiger partial charge on any atom is -0.493 e. The van der Waals surface area contributed by atoms with E-state index in [0.29, 0.717) is 22.8 Å². The predicted molar refractivity (Wildman–Crippen MR) is 105 cm³/mol. The average molecular weight is 410 g/mol. The van der Waals surface area contributed by atoms with Crippen molar-refractivity contribution in [2.24, 2.45) is 0 Å². The third-order valence-corrected chi connectivity index (χ3v) is 4.91. The second-order valence-electron chi connectivity index (χ2n) is 6.45. The van der Waals surface area contributed by atoms with Crippen molar-refractivity contribution in [3.63, 3.8) is 0 Å². The molecule has 154 valence electrons. The van der Waals surface area contributed by atoms with Gasteiger partial charge in [-0.05, 0) is 30.3 Å². The van der Waals surface area contributed by atoms with Gasteiger partial charge in [0, 0.05) is 5.56 Å². The lowest BCUT2D eigenvalue weighted by atomic mass is 10.0. The molecule has 0 bridgehead atoms. The number of amides is 2. The highest BCUT2D eigenvalue weighted by molar-refractivity contribution is 6.34. The lowest BCUT2D eigenvalue weighted by molar-refractivity contribution is -0.127. The van der Waals surface area contributed by atoms with Crippen molar-refractivity contribution < 1.29 is 33.4 Å². The number of nitrogens with one attached hydrogen (secondary N) is 1. The number of methoxy groups -OCH3 is 3. The molecule has 0 radical (unpaired) electrons. The van der Waals surface area contributed by atoms with E-state index in [1.807, 2.05) is 0 Å². The summed E-state index contributed by atoms with van der Waals surface area (Å²) in [4.78, 5) is 44.7. The third kappa shape index (κ3) is 2.87. The number of fused-ring (bicyclic) bond motifs is 1. The van der Waals surface area contributed by atoms with Gasteiger partial charge in [0.1, 0.15) is 0 Å². The van der Waals surface area contributed by atoms with Crippen LogP contribution in [0.2, 0.25) is 0 Å². The summed E-state index contributed by atoms with van der Waals surface area (Å²) in [5.41, 5.74) is 3.97. The maximum atomic E-state index is 13.2. The SMILES string of the molecule is COC(=O)c1ccccc1N1C(=O)C2=C(c3ccc(OC)c(OC)c3)NO[C@@H]2C1=O. The summed E-state index contributed by atoms with van der Waals surface area (Å²) in [6, 6.07) is 11.3. The summed E-state index contributed by atoms with van der Waals surface area (Å²) < 4.78 is 15.3. The Morgan fingerprint density at radius 1 is 1.03 bits per heavy atom. The topological polar surface area (TPSA) is 103 Å². The molecule has 0 saturated carbocycles. The first-order valence-corrected chi connectivity index (χ1v) is 8.95. The molecule has 0 aliphatic carbocycles. The van der Waals surface area contributed by atoms with E-state index in [1.165, 1.54) is 33.5 Å². The molecule has 2 aliphatic rings. The zero-order chi connectivity index (χ0) is 21.4. The number of esters is 1. The Labute approximate surface area is 171 Å². The summed E-state index contributed by atoms with van der Waals surface area (Å²) in [5, 5.41) is 0. The number of rotatable bonds is 5. The first-order chi connectivity index (χ1) is 14.5. The fourth-order valence-corrected chi connectivity index (χ4v) is 3.48. The zero-order valence-electron chi connectivity index (χ0n) is 16.4. The van der Waals surface area contributed by atoms with Gasteiger partial charge in [0.2, 0.25) is 0 Å². The molecule has 1 fully saturated rings. The van der Waals surface area contributed by atoms with E-state index in [4.69, 9.17) is 19.0 Å². The van der Waals surface area contributed by atoms with Crippen molar-refractivity contribution in [1.82, 2.24) is 5.48 Å². The molecule has 1 saturated heterocycles. The third-order valence-electron chi connectivity index (χ3n) is 4.91. The molecular formula is C21H18N2O7. The number of hydrogen-bond donors (Lipinski definition) is 1. The standard InChI is InChI=1S/C21H18N2O7/c1-27-14-9-8-11(10-15(14)28-2)17-16-18(30-22-17)20(25)23(19(16)24)13-7-5-4-6-12(13)21(26)29-3/h4-10,18,22H,1-3H3/t18-/m0/s1. The molecule has 2 aromatic carbocycles. The van der Waals surface area contributed by atoms with Crippen LogP contribution in [0.1, 0.15) is 15.9 Å². The Bertz CT molecular complexity index is 1090. The van der Waals surface area contributed by atoms with Gasteiger partial charge in [-0.1, -0.05) is 12.1 Å². The minimum atomic E-state index is -1.13. The Morgan fingerprint density at radius 2 is 1.77 bits per heavy atom. The van der Waals surface area contributed by atoms with Crippen LogP contribution < -0.4 is 19.9 Å². The number of benzene rings is 2. The maximum Gasteiger partial charge on any atom is 0.339 e. The molecule has 0 aromatic heterocycles. The van der Waals surface area contributed by atoms with Gasteiger partial charge < -0.3 is 14.2 Å². The molecule has 2 heterocycles. The summed E-state index contributed by atoms with van der Waals surface area (Å²) in [6.07, 6.45) is -1.13. The second kappa shape index (κ2) is 7.53. The van der Waals surface area contributed by atoms with Gasteiger partial charge in [0.25, 0.3) is 11.8 Å². The summed E-state index contributed by atoms with van der Waals surface area (Å²) in [7, 11) is 4.24. The molecule has 1 N–H and O–H groups in total. The van der Waals surface area contributed by atoms with Gasteiger partial charge in [0.15, 0.2) is 17.6 Å². The van der Waals surface area contributed by atoms with Crippen LogP contribution in [0.25, 0.3) is 5.70 Å². The van der Waals surface area contributed by atoms with E-state index in [0.717, 1.165) is 4.90 Å². The van der Waals surface area contributed by atoms with Crippen LogP contribution in [0.5, 0.6) is 11.5 Å². The fraction of sp³-hybridized carbons (Fsp3) is 0.190. The van der Waals surface area contributed by atoms with Crippen LogP contribution in [-0.2, 0) is 19.2 Å². The first-order valence-electron chi connectivity index (χ1n) is 8.95. The number of hydroxylamine groups is 1. The Kier molecular flexibility index (Phi) is 4.88. The molecule has 9 nitrogen and oxygen atoms in total. The lowest BCUT2D eigenvalue weighted by Crippen LogP contribution is -2.35. The van der Waals surface area contributed by atoms with Gasteiger partial charge >= 0.3 is 5.97 Å². The average Bonchev–Trinajstić information content (AvgIpc) is 3.32. The van der Waals surface area contributed by atoms with Crippen LogP contribution in [0.15, 0.2) is 48.0 Å². The van der Waals surface area contributed by atoms with Crippen LogP contribution in [-0.4, -0.2) is 45.2 Å². The minimum absolute atomic E-state index is 0.0999. The molecule has 0 spiro atoms. The van der Waals surface area contributed by atoms with Crippen molar-refractivity contribution in [1.29, 1.82) is 0 Å². The van der Waals surface area contributed by atoms with E-state index in [-0.39, 0.29) is 16.8 Å². The highest BCUT2D eigenvalue weighted by Crippen LogP contribution is 2.39. The Balaban J connectivity index is 1.80. The Hall–Kier alpha value is -3.85. The van der Waals surface area contributed by atoms with E-state index in [2.05, 4.69) is 5.48 Å². The number of carbonyl (C=O) groups excluding carboxylic acids is 3. The largest absolute Gasteiger partial charge is 0.493 e. The highest BCUT2D eigenvalue weighted by atomic mass is 16.7. The molecule has 9 heteroatoms. The zero-order valence-corrected chi connectivity index (χ0v) is 16.4. The molecular weight excluding hydrogens is 392 g/mol. The van der Waals surface area contributed by atoms with Crippen molar-refractivity contribution in [3.05, 3.63) is 59.2 Å². The number of nitrogens with zero attached hydrogens (tertiary/aromatic N) is 1. The molecule has 30 heavy (non-hydrogen) atoms. The van der Waals surface area contributed by atoms with E-state index >= 15 is 0 Å². The van der Waals surface area contributed by atoms with Crippen molar-refractivity contribution >= 4 is 29.2 Å². The predicted octanol–water partition coefficient (Wildman–Crippen LogP) is 1.68. The van der Waals surface area contributed by atoms with Gasteiger partial charge in [-0.3, -0.25) is 19.9 Å². The number of ether oxygens (including phenoxy) is 3. The van der Waals surface area contributed by atoms with Crippen LogP contribution in [0, 0.1) is 0 Å². The fourth-order valence-electron chi connectivity index (χ4n) is 3.48. The number of anilines is 1. The molecule has 2 aromatic rings. The lowest BCUT2D eigenvalue weighted by Gasteiger charge is -2.18. The quantitative estimate of drug-likeness (QED) is 0.587. The number of carbonyl (C=O) groups is 3. The van der Waals surface area contributed by atoms with Gasteiger partial charge in [-0.25, -0.2) is 9.69 Å². The number of hydrogen-bond acceptors (Lipinski definition) is 8. The molecule has 0 unspecified atom stereocenters. The summed E-state index contributed by atoms with van der Waals surface area (Å²) in [6.45, 7) is 0. The van der Waals surface area contributed by atoms with E-state index < -0.39 is 23.9 Å². The van der Waals surface area contributed by atoms with Crippen LogP contribution in [0.3, 0.4) is 0 Å². The van der Waals surface area contributed by atoms with E-state index in [9.17, 15) is 14.4 Å². The summed E-state index contributed by atoms with van der Waals surface area (Å²) in [5.74, 6) is -0.871.